The first-order valence-electron chi connectivity index (χ1n) is 8.32. The van der Waals surface area contributed by atoms with Gasteiger partial charge < -0.3 is 15.4 Å². The molecule has 0 aliphatic heterocycles. The number of nitrogens with two attached hydrogens (primary N) is 1. The molecule has 28 heavy (non-hydrogen) atoms. The number of aromatic amines is 1. The molecule has 8 nitrogen and oxygen atoms in total. The maximum Gasteiger partial charge on any atom is 0.254 e. The molecule has 0 aliphatic carbocycles. The average molecular weight is 496 g/mol. The largest absolute Gasteiger partial charge is 0.482 e. The maximum atomic E-state index is 13.9. The Kier molecular flexibility index (Phi) is 6.07. The van der Waals surface area contributed by atoms with Gasteiger partial charge in [-0.1, -0.05) is 0 Å². The number of amides is 1. The number of anilines is 1. The molecule has 0 unspecified atom stereocenters. The van der Waals surface area contributed by atoms with Crippen molar-refractivity contribution in [3.05, 3.63) is 62.9 Å². The summed E-state index contributed by atoms with van der Waals surface area (Å²) < 4.78 is 20.6. The highest BCUT2D eigenvalue weighted by atomic mass is 127. The number of nitrogens with one attached hydrogen (secondary N) is 1. The van der Waals surface area contributed by atoms with Gasteiger partial charge in [0.05, 0.1) is 12.7 Å². The summed E-state index contributed by atoms with van der Waals surface area (Å²) >= 11 is 2.09. The number of nitrogen functional groups attached to an aromatic ring is 1. The molecule has 146 valence electrons. The summed E-state index contributed by atoms with van der Waals surface area (Å²) in [7, 11) is 1.64. The zero-order valence-corrected chi connectivity index (χ0v) is 17.3. The van der Waals surface area contributed by atoms with Crippen LogP contribution < -0.4 is 10.5 Å². The topological polar surface area (TPSA) is 110 Å². The Labute approximate surface area is 174 Å². The molecule has 2 aromatic heterocycles. The number of carbonyl (C=O) groups excluding carboxylic acids is 1. The van der Waals surface area contributed by atoms with Gasteiger partial charge in [-0.05, 0) is 53.8 Å². The van der Waals surface area contributed by atoms with Crippen molar-refractivity contribution in [2.24, 2.45) is 0 Å². The second kappa shape index (κ2) is 8.50. The Balaban J connectivity index is 1.87. The van der Waals surface area contributed by atoms with Crippen LogP contribution >= 0.6 is 22.6 Å². The Morgan fingerprint density at radius 1 is 1.39 bits per heavy atom. The van der Waals surface area contributed by atoms with E-state index in [9.17, 15) is 9.18 Å². The first-order chi connectivity index (χ1) is 13.3. The molecule has 1 aromatic carbocycles. The van der Waals surface area contributed by atoms with Crippen LogP contribution in [0.3, 0.4) is 0 Å². The predicted molar refractivity (Wildman–Crippen MR) is 109 cm³/mol. The van der Waals surface area contributed by atoms with Crippen LogP contribution in [0.1, 0.15) is 34.6 Å². The van der Waals surface area contributed by atoms with Crippen LogP contribution in [0.5, 0.6) is 5.75 Å². The van der Waals surface area contributed by atoms with Crippen molar-refractivity contribution in [1.82, 2.24) is 25.3 Å². The van der Waals surface area contributed by atoms with Gasteiger partial charge in [0.15, 0.2) is 11.6 Å². The molecule has 1 atom stereocenters. The number of aromatic nitrogens is 4. The summed E-state index contributed by atoms with van der Waals surface area (Å²) in [5.41, 5.74) is 7.22. The second-order valence-electron chi connectivity index (χ2n) is 6.15. The number of pyridine rings is 1. The summed E-state index contributed by atoms with van der Waals surface area (Å²) in [5, 5.41) is 10.2. The van der Waals surface area contributed by atoms with Crippen molar-refractivity contribution in [3.8, 4) is 5.75 Å². The quantitative estimate of drug-likeness (QED) is 0.508. The van der Waals surface area contributed by atoms with Gasteiger partial charge in [-0.15, -0.1) is 0 Å². The van der Waals surface area contributed by atoms with Crippen molar-refractivity contribution in [2.75, 3.05) is 12.8 Å². The molecule has 0 spiro atoms. The fraction of sp³-hybridized carbons (Fsp3) is 0.222. The van der Waals surface area contributed by atoms with Crippen LogP contribution in [-0.2, 0) is 6.54 Å². The molecule has 0 radical (unpaired) electrons. The van der Waals surface area contributed by atoms with Gasteiger partial charge in [0.1, 0.15) is 17.6 Å². The number of carbonyl (C=O) groups is 1. The van der Waals surface area contributed by atoms with E-state index < -0.39 is 11.9 Å². The average Bonchev–Trinajstić information content (AvgIpc) is 3.17. The van der Waals surface area contributed by atoms with Gasteiger partial charge in [-0.25, -0.2) is 9.37 Å². The molecule has 10 heteroatoms. The van der Waals surface area contributed by atoms with Crippen molar-refractivity contribution >= 4 is 34.3 Å². The number of rotatable bonds is 6. The van der Waals surface area contributed by atoms with E-state index in [1.54, 1.807) is 26.2 Å². The lowest BCUT2D eigenvalue weighted by atomic mass is 10.0. The van der Waals surface area contributed by atoms with E-state index in [4.69, 9.17) is 10.5 Å². The number of halogens is 2. The summed E-state index contributed by atoms with van der Waals surface area (Å²) in [5.74, 6) is -0.158. The molecule has 0 fully saturated rings. The fourth-order valence-electron chi connectivity index (χ4n) is 2.67. The molecule has 0 saturated heterocycles. The summed E-state index contributed by atoms with van der Waals surface area (Å²) in [6.45, 7) is 1.98. The Hall–Kier alpha value is -2.76. The number of hydrogen-bond acceptors (Lipinski definition) is 6. The number of hydrogen-bond donors (Lipinski definition) is 2. The van der Waals surface area contributed by atoms with Crippen LogP contribution in [0.4, 0.5) is 10.2 Å². The lowest BCUT2D eigenvalue weighted by Crippen LogP contribution is -2.28. The van der Waals surface area contributed by atoms with E-state index in [1.165, 1.54) is 29.3 Å². The fourth-order valence-corrected chi connectivity index (χ4v) is 3.09. The molecule has 1 amide bonds. The second-order valence-corrected chi connectivity index (χ2v) is 7.40. The Morgan fingerprint density at radius 3 is 2.89 bits per heavy atom. The highest BCUT2D eigenvalue weighted by Gasteiger charge is 2.22. The molecule has 3 rings (SSSR count). The predicted octanol–water partition coefficient (Wildman–Crippen LogP) is 2.94. The Bertz CT molecular complexity index is 982. The third-order valence-electron chi connectivity index (χ3n) is 4.04. The maximum absolute atomic E-state index is 13.9. The lowest BCUT2D eigenvalue weighted by Gasteiger charge is -2.22. The minimum atomic E-state index is -0.627. The van der Waals surface area contributed by atoms with Crippen LogP contribution in [0.15, 0.2) is 36.7 Å². The van der Waals surface area contributed by atoms with E-state index >= 15 is 0 Å². The minimum Gasteiger partial charge on any atom is -0.482 e. The van der Waals surface area contributed by atoms with Gasteiger partial charge >= 0.3 is 0 Å². The van der Waals surface area contributed by atoms with Crippen LogP contribution in [0.25, 0.3) is 0 Å². The van der Waals surface area contributed by atoms with Crippen molar-refractivity contribution in [1.29, 1.82) is 0 Å². The van der Waals surface area contributed by atoms with E-state index in [-0.39, 0.29) is 18.3 Å². The highest BCUT2D eigenvalue weighted by molar-refractivity contribution is 14.1. The molecule has 0 saturated carbocycles. The smallest absolute Gasteiger partial charge is 0.254 e. The normalized spacial score (nSPS) is 11.9. The van der Waals surface area contributed by atoms with Crippen molar-refractivity contribution in [2.45, 2.75) is 19.6 Å². The van der Waals surface area contributed by atoms with E-state index in [2.05, 4.69) is 43.0 Å². The molecule has 2 heterocycles. The first kappa shape index (κ1) is 20.0. The SMILES string of the molecule is C[C@@H](Oc1cc(I)cnc1N)c1cc(F)ccc1C(=O)N(C)Cc1cn[nH]n1. The van der Waals surface area contributed by atoms with E-state index in [0.29, 0.717) is 22.6 Å². The van der Waals surface area contributed by atoms with Gasteiger partial charge in [-0.3, -0.25) is 4.79 Å². The number of benzene rings is 1. The molecule has 0 bridgehead atoms. The number of H-pyrrole nitrogens is 1. The van der Waals surface area contributed by atoms with Crippen molar-refractivity contribution in [3.63, 3.8) is 0 Å². The van der Waals surface area contributed by atoms with Crippen LogP contribution in [-0.4, -0.2) is 38.2 Å². The van der Waals surface area contributed by atoms with E-state index in [0.717, 1.165) is 3.57 Å². The molecule has 0 aliphatic rings. The first-order valence-corrected chi connectivity index (χ1v) is 9.40. The van der Waals surface area contributed by atoms with Crippen LogP contribution in [0.2, 0.25) is 0 Å². The number of ether oxygens (including phenoxy) is 1. The van der Waals surface area contributed by atoms with E-state index in [1.807, 2.05) is 0 Å². The zero-order valence-electron chi connectivity index (χ0n) is 15.2. The molecular formula is C18H18FIN6O2. The molecular weight excluding hydrogens is 478 g/mol. The highest BCUT2D eigenvalue weighted by Crippen LogP contribution is 2.29. The standard InChI is InChI=1S/C18H18FIN6O2/c1-10(28-16-6-12(20)7-22-17(16)21)15-5-11(19)3-4-14(15)18(27)26(2)9-13-8-23-25-24-13/h3-8,10H,9H2,1-2H3,(H2,21,22)(H,23,24,25)/t10-/m1/s1. The Morgan fingerprint density at radius 2 is 2.18 bits per heavy atom. The third-order valence-corrected chi connectivity index (χ3v) is 4.63. The number of nitrogens with zero attached hydrogens (tertiary/aromatic N) is 4. The van der Waals surface area contributed by atoms with Crippen LogP contribution in [0, 0.1) is 9.39 Å². The third kappa shape index (κ3) is 4.55. The summed E-state index contributed by atoms with van der Waals surface area (Å²) in [4.78, 5) is 18.5. The lowest BCUT2D eigenvalue weighted by molar-refractivity contribution is 0.0778. The molecule has 3 N–H and O–H groups in total. The monoisotopic (exact) mass is 496 g/mol. The minimum absolute atomic E-state index is 0.222. The van der Waals surface area contributed by atoms with Gasteiger partial charge in [0.25, 0.3) is 5.91 Å². The molecule has 3 aromatic rings. The van der Waals surface area contributed by atoms with Gasteiger partial charge in [0, 0.05) is 27.9 Å². The van der Waals surface area contributed by atoms with Gasteiger partial charge in [0.2, 0.25) is 0 Å². The van der Waals surface area contributed by atoms with Crippen molar-refractivity contribution < 1.29 is 13.9 Å². The summed E-state index contributed by atoms with van der Waals surface area (Å²) in [6.07, 6.45) is 2.52. The van der Waals surface area contributed by atoms with Gasteiger partial charge in [-0.2, -0.15) is 15.4 Å². The zero-order chi connectivity index (χ0) is 20.3. The summed E-state index contributed by atoms with van der Waals surface area (Å²) in [6, 6.07) is 5.72.